The molecule has 0 N–H and O–H groups in total. The van der Waals surface area contributed by atoms with E-state index < -0.39 is 0 Å². The number of nitrogens with zero attached hydrogens (tertiary/aromatic N) is 2. The third-order valence-electron chi connectivity index (χ3n) is 5.95. The molecular formula is C26H27ClN2O3S. The number of hydrogen-bond acceptors (Lipinski definition) is 4. The Morgan fingerprint density at radius 3 is 2.55 bits per heavy atom. The fraction of sp³-hybridized carbons (Fsp3) is 0.308. The number of carbonyl (C=O) groups excluding carboxylic acids is 2. The van der Waals surface area contributed by atoms with Gasteiger partial charge >= 0.3 is 0 Å². The molecule has 1 atom stereocenters. The van der Waals surface area contributed by atoms with E-state index in [0.29, 0.717) is 30.3 Å². The number of aryl methyl sites for hydroxylation is 1. The summed E-state index contributed by atoms with van der Waals surface area (Å²) in [5.41, 5.74) is 3.81. The molecular weight excluding hydrogens is 456 g/mol. The molecule has 3 aromatic rings. The molecule has 2 aromatic carbocycles. The number of hydrogen-bond donors (Lipinski definition) is 0. The van der Waals surface area contributed by atoms with Gasteiger partial charge in [0.2, 0.25) is 5.91 Å². The summed E-state index contributed by atoms with van der Waals surface area (Å²) in [7, 11) is 1.59. The standard InChI is InChI=1S/C26H27ClN2O3S/c1-18-3-5-20(6-4-18)26(31)28(14-15-32-2)17-24(30)29-13-11-23-22(12-16-33-23)25(29)19-7-9-21(27)10-8-19/h3-10,12,16,25H,11,13-15,17H2,1-2H3. The molecule has 1 unspecified atom stereocenters. The highest BCUT2D eigenvalue weighted by atomic mass is 35.5. The Balaban J connectivity index is 1.60. The van der Waals surface area contributed by atoms with Crippen LogP contribution in [0.25, 0.3) is 0 Å². The topological polar surface area (TPSA) is 49.9 Å². The van der Waals surface area contributed by atoms with Gasteiger partial charge in [-0.15, -0.1) is 11.3 Å². The predicted molar refractivity (Wildman–Crippen MR) is 132 cm³/mol. The van der Waals surface area contributed by atoms with E-state index in [1.807, 2.05) is 48.2 Å². The van der Waals surface area contributed by atoms with Crippen molar-refractivity contribution in [1.82, 2.24) is 9.80 Å². The summed E-state index contributed by atoms with van der Waals surface area (Å²) in [6, 6.07) is 17.0. The summed E-state index contributed by atoms with van der Waals surface area (Å²) in [6.07, 6.45) is 0.812. The number of fused-ring (bicyclic) bond motifs is 1. The van der Waals surface area contributed by atoms with Crippen molar-refractivity contribution in [3.05, 3.63) is 92.1 Å². The number of amides is 2. The van der Waals surface area contributed by atoms with Crippen molar-refractivity contribution < 1.29 is 14.3 Å². The van der Waals surface area contributed by atoms with E-state index in [1.165, 1.54) is 4.88 Å². The Morgan fingerprint density at radius 1 is 1.12 bits per heavy atom. The Hall–Kier alpha value is -2.67. The fourth-order valence-electron chi connectivity index (χ4n) is 4.18. The molecule has 7 heteroatoms. The van der Waals surface area contributed by atoms with Crippen LogP contribution in [0, 0.1) is 6.92 Å². The molecule has 1 aliphatic heterocycles. The van der Waals surface area contributed by atoms with E-state index in [0.717, 1.165) is 23.1 Å². The van der Waals surface area contributed by atoms with E-state index in [1.54, 1.807) is 35.5 Å². The highest BCUT2D eigenvalue weighted by molar-refractivity contribution is 7.10. The maximum atomic E-state index is 13.6. The van der Waals surface area contributed by atoms with Crippen LogP contribution < -0.4 is 0 Å². The summed E-state index contributed by atoms with van der Waals surface area (Å²) in [4.78, 5) is 31.6. The normalized spacial score (nSPS) is 15.2. The quantitative estimate of drug-likeness (QED) is 0.477. The summed E-state index contributed by atoms with van der Waals surface area (Å²) in [5, 5.41) is 2.74. The fourth-order valence-corrected chi connectivity index (χ4v) is 5.21. The molecule has 0 bridgehead atoms. The average molecular weight is 483 g/mol. The van der Waals surface area contributed by atoms with Gasteiger partial charge in [-0.2, -0.15) is 0 Å². The molecule has 33 heavy (non-hydrogen) atoms. The maximum absolute atomic E-state index is 13.6. The van der Waals surface area contributed by atoms with Crippen molar-refractivity contribution in [1.29, 1.82) is 0 Å². The average Bonchev–Trinajstić information content (AvgIpc) is 3.30. The Kier molecular flexibility index (Phi) is 7.48. The largest absolute Gasteiger partial charge is 0.383 e. The van der Waals surface area contributed by atoms with Crippen LogP contribution in [0.1, 0.15) is 38.0 Å². The third-order valence-corrected chi connectivity index (χ3v) is 7.20. The molecule has 1 aliphatic rings. The SMILES string of the molecule is COCCN(CC(=O)N1CCc2sccc2C1c1ccc(Cl)cc1)C(=O)c1ccc(C)cc1. The van der Waals surface area contributed by atoms with Gasteiger partial charge in [-0.1, -0.05) is 41.4 Å². The van der Waals surface area contributed by atoms with Crippen LogP contribution in [0.5, 0.6) is 0 Å². The van der Waals surface area contributed by atoms with Gasteiger partial charge in [-0.05, 0) is 60.2 Å². The lowest BCUT2D eigenvalue weighted by molar-refractivity contribution is -0.134. The number of halogens is 1. The van der Waals surface area contributed by atoms with Crippen molar-refractivity contribution in [3.8, 4) is 0 Å². The molecule has 2 heterocycles. The lowest BCUT2D eigenvalue weighted by atomic mass is 9.93. The molecule has 4 rings (SSSR count). The Morgan fingerprint density at radius 2 is 1.85 bits per heavy atom. The minimum absolute atomic E-state index is 0.000367. The van der Waals surface area contributed by atoms with E-state index in [-0.39, 0.29) is 24.4 Å². The van der Waals surface area contributed by atoms with Gasteiger partial charge in [0.15, 0.2) is 0 Å². The lowest BCUT2D eigenvalue weighted by Gasteiger charge is -2.37. The first-order valence-electron chi connectivity index (χ1n) is 10.9. The zero-order chi connectivity index (χ0) is 23.4. The van der Waals surface area contributed by atoms with Crippen LogP contribution >= 0.6 is 22.9 Å². The molecule has 2 amide bonds. The summed E-state index contributed by atoms with van der Waals surface area (Å²) in [5.74, 6) is -0.250. The van der Waals surface area contributed by atoms with Crippen LogP contribution in [-0.4, -0.2) is 55.0 Å². The van der Waals surface area contributed by atoms with Crippen LogP contribution in [0.4, 0.5) is 0 Å². The van der Waals surface area contributed by atoms with Gasteiger partial charge in [0.1, 0.15) is 6.54 Å². The molecule has 0 spiro atoms. The second-order valence-corrected chi connectivity index (χ2v) is 9.61. The van der Waals surface area contributed by atoms with Gasteiger partial charge in [-0.3, -0.25) is 9.59 Å². The van der Waals surface area contributed by atoms with E-state index in [2.05, 4.69) is 11.4 Å². The molecule has 1 aromatic heterocycles. The summed E-state index contributed by atoms with van der Waals surface area (Å²) >= 11 is 7.84. The molecule has 0 fully saturated rings. The van der Waals surface area contributed by atoms with E-state index in [9.17, 15) is 9.59 Å². The van der Waals surface area contributed by atoms with Crippen LogP contribution in [0.2, 0.25) is 5.02 Å². The monoisotopic (exact) mass is 482 g/mol. The first-order chi connectivity index (χ1) is 16.0. The van der Waals surface area contributed by atoms with E-state index >= 15 is 0 Å². The minimum atomic E-state index is -0.191. The summed E-state index contributed by atoms with van der Waals surface area (Å²) < 4.78 is 5.21. The number of carbonyl (C=O) groups is 2. The first kappa shape index (κ1) is 23.5. The van der Waals surface area contributed by atoms with Crippen molar-refractivity contribution in [2.75, 3.05) is 33.4 Å². The van der Waals surface area contributed by atoms with Gasteiger partial charge < -0.3 is 14.5 Å². The van der Waals surface area contributed by atoms with Crippen molar-refractivity contribution >= 4 is 34.8 Å². The van der Waals surface area contributed by atoms with Crippen LogP contribution in [-0.2, 0) is 16.0 Å². The smallest absolute Gasteiger partial charge is 0.254 e. The van der Waals surface area contributed by atoms with Gasteiger partial charge in [-0.25, -0.2) is 0 Å². The second-order valence-electron chi connectivity index (χ2n) is 8.18. The minimum Gasteiger partial charge on any atom is -0.383 e. The van der Waals surface area contributed by atoms with Gasteiger partial charge in [0, 0.05) is 35.7 Å². The van der Waals surface area contributed by atoms with Crippen molar-refractivity contribution in [3.63, 3.8) is 0 Å². The molecule has 0 saturated heterocycles. The lowest BCUT2D eigenvalue weighted by Crippen LogP contribution is -2.47. The number of ether oxygens (including phenoxy) is 1. The van der Waals surface area contributed by atoms with Gasteiger partial charge in [0.05, 0.1) is 12.6 Å². The van der Waals surface area contributed by atoms with Crippen LogP contribution in [0.15, 0.2) is 60.0 Å². The number of rotatable bonds is 7. The Bertz CT molecular complexity index is 1110. The summed E-state index contributed by atoms with van der Waals surface area (Å²) in [6.45, 7) is 3.29. The van der Waals surface area contributed by atoms with Crippen LogP contribution in [0.3, 0.4) is 0 Å². The first-order valence-corrected chi connectivity index (χ1v) is 12.2. The number of benzene rings is 2. The Labute approximate surface area is 203 Å². The number of thiophene rings is 1. The highest BCUT2D eigenvalue weighted by Crippen LogP contribution is 2.38. The maximum Gasteiger partial charge on any atom is 0.254 e. The van der Waals surface area contributed by atoms with Crippen molar-refractivity contribution in [2.24, 2.45) is 0 Å². The van der Waals surface area contributed by atoms with E-state index in [4.69, 9.17) is 16.3 Å². The molecule has 0 aliphatic carbocycles. The predicted octanol–water partition coefficient (Wildman–Crippen LogP) is 4.97. The highest BCUT2D eigenvalue weighted by Gasteiger charge is 2.34. The molecule has 0 saturated carbocycles. The zero-order valence-corrected chi connectivity index (χ0v) is 20.4. The van der Waals surface area contributed by atoms with Gasteiger partial charge in [0.25, 0.3) is 5.91 Å². The molecule has 172 valence electrons. The second kappa shape index (κ2) is 10.5. The zero-order valence-electron chi connectivity index (χ0n) is 18.8. The van der Waals surface area contributed by atoms with Crippen molar-refractivity contribution in [2.45, 2.75) is 19.4 Å². The molecule has 0 radical (unpaired) electrons. The number of methoxy groups -OCH3 is 1. The molecule has 5 nitrogen and oxygen atoms in total. The third kappa shape index (κ3) is 5.29.